The summed E-state index contributed by atoms with van der Waals surface area (Å²) in [6.07, 6.45) is 3.59. The van der Waals surface area contributed by atoms with Crippen molar-refractivity contribution in [3.63, 3.8) is 0 Å². The fraction of sp³-hybridized carbons (Fsp3) is 0.364. The van der Waals surface area contributed by atoms with Gasteiger partial charge >= 0.3 is 0 Å². The molecular formula is C11H15NOS. The minimum atomic E-state index is 0.738. The molecule has 0 bridgehead atoms. The van der Waals surface area contributed by atoms with E-state index in [2.05, 4.69) is 35.7 Å². The number of benzene rings is 1. The third kappa shape index (κ3) is 3.07. The third-order valence-electron chi connectivity index (χ3n) is 2.12. The van der Waals surface area contributed by atoms with Gasteiger partial charge in [0.2, 0.25) is 0 Å². The largest absolute Gasteiger partial charge is 0.411 e. The van der Waals surface area contributed by atoms with Gasteiger partial charge in [0.05, 0.1) is 5.71 Å². The van der Waals surface area contributed by atoms with Gasteiger partial charge in [-0.25, -0.2) is 0 Å². The van der Waals surface area contributed by atoms with E-state index in [0.717, 1.165) is 18.6 Å². The van der Waals surface area contributed by atoms with Crippen LogP contribution >= 0.6 is 11.8 Å². The lowest BCUT2D eigenvalue weighted by Crippen LogP contribution is -2.01. The van der Waals surface area contributed by atoms with Gasteiger partial charge in [-0.2, -0.15) is 0 Å². The fourth-order valence-corrected chi connectivity index (χ4v) is 1.62. The molecule has 0 atom stereocenters. The summed E-state index contributed by atoms with van der Waals surface area (Å²) in [5.41, 5.74) is 2.01. The van der Waals surface area contributed by atoms with Crippen LogP contribution in [0.5, 0.6) is 0 Å². The van der Waals surface area contributed by atoms with Crippen molar-refractivity contribution in [3.8, 4) is 0 Å². The molecule has 0 fully saturated rings. The van der Waals surface area contributed by atoms with Crippen LogP contribution in [0, 0.1) is 0 Å². The summed E-state index contributed by atoms with van der Waals surface area (Å²) in [5.74, 6) is 0. The summed E-state index contributed by atoms with van der Waals surface area (Å²) < 4.78 is 0. The van der Waals surface area contributed by atoms with Crippen LogP contribution in [0.15, 0.2) is 34.3 Å². The van der Waals surface area contributed by atoms with Crippen molar-refractivity contribution >= 4 is 17.5 Å². The van der Waals surface area contributed by atoms with Crippen molar-refractivity contribution in [2.75, 3.05) is 6.26 Å². The molecule has 1 aromatic carbocycles. The minimum absolute atomic E-state index is 0.738. The van der Waals surface area contributed by atoms with Crippen molar-refractivity contribution in [2.45, 2.75) is 24.7 Å². The Kier molecular flexibility index (Phi) is 4.53. The zero-order valence-electron chi connectivity index (χ0n) is 8.53. The predicted octanol–water partition coefficient (Wildman–Crippen LogP) is 3.19. The van der Waals surface area contributed by atoms with E-state index in [1.807, 2.05) is 6.92 Å². The number of rotatable bonds is 4. The van der Waals surface area contributed by atoms with Crippen LogP contribution in [0.4, 0.5) is 0 Å². The Labute approximate surface area is 89.0 Å². The second-order valence-electron chi connectivity index (χ2n) is 3.04. The molecule has 76 valence electrons. The first kappa shape index (κ1) is 11.1. The monoisotopic (exact) mass is 209 g/mol. The quantitative estimate of drug-likeness (QED) is 0.357. The Morgan fingerprint density at radius 3 is 2.43 bits per heavy atom. The van der Waals surface area contributed by atoms with E-state index >= 15 is 0 Å². The lowest BCUT2D eigenvalue weighted by molar-refractivity contribution is 0.317. The number of hydrogen-bond donors (Lipinski definition) is 1. The molecule has 0 heterocycles. The molecule has 0 radical (unpaired) electrons. The number of hydrogen-bond acceptors (Lipinski definition) is 3. The second-order valence-corrected chi connectivity index (χ2v) is 3.92. The standard InChI is InChI=1S/C11H15NOS/c1-3-10(12-13)8-9-4-6-11(14-2)7-5-9/h4-7,13H,3,8H2,1-2H3. The van der Waals surface area contributed by atoms with Crippen molar-refractivity contribution in [1.82, 2.24) is 0 Å². The molecule has 0 aliphatic rings. The van der Waals surface area contributed by atoms with Gasteiger partial charge in [0.15, 0.2) is 0 Å². The molecule has 0 aromatic heterocycles. The molecular weight excluding hydrogens is 194 g/mol. The van der Waals surface area contributed by atoms with Crippen LogP contribution < -0.4 is 0 Å². The highest BCUT2D eigenvalue weighted by atomic mass is 32.2. The fourth-order valence-electron chi connectivity index (χ4n) is 1.21. The van der Waals surface area contributed by atoms with E-state index in [9.17, 15) is 0 Å². The van der Waals surface area contributed by atoms with Crippen molar-refractivity contribution in [1.29, 1.82) is 0 Å². The molecule has 0 spiro atoms. The highest BCUT2D eigenvalue weighted by molar-refractivity contribution is 7.98. The van der Waals surface area contributed by atoms with Crippen LogP contribution in [0.3, 0.4) is 0 Å². The molecule has 0 amide bonds. The summed E-state index contributed by atoms with van der Waals surface area (Å²) in [6, 6.07) is 8.33. The average molecular weight is 209 g/mol. The summed E-state index contributed by atoms with van der Waals surface area (Å²) in [5, 5.41) is 11.9. The summed E-state index contributed by atoms with van der Waals surface area (Å²) in [7, 11) is 0. The van der Waals surface area contributed by atoms with E-state index < -0.39 is 0 Å². The Morgan fingerprint density at radius 2 is 2.00 bits per heavy atom. The van der Waals surface area contributed by atoms with Gasteiger partial charge in [0.1, 0.15) is 0 Å². The topological polar surface area (TPSA) is 32.6 Å². The SMILES string of the molecule is CCC(Cc1ccc(SC)cc1)=NO. The Morgan fingerprint density at radius 1 is 1.36 bits per heavy atom. The first-order valence-electron chi connectivity index (χ1n) is 4.63. The lowest BCUT2D eigenvalue weighted by Gasteiger charge is -2.02. The van der Waals surface area contributed by atoms with Crippen LogP contribution in [-0.2, 0) is 6.42 Å². The highest BCUT2D eigenvalue weighted by Gasteiger charge is 1.99. The van der Waals surface area contributed by atoms with Crippen molar-refractivity contribution in [2.24, 2.45) is 5.16 Å². The molecule has 1 rings (SSSR count). The summed E-state index contributed by atoms with van der Waals surface area (Å²) in [6.45, 7) is 1.99. The van der Waals surface area contributed by atoms with Crippen molar-refractivity contribution < 1.29 is 5.21 Å². The van der Waals surface area contributed by atoms with Crippen LogP contribution in [-0.4, -0.2) is 17.2 Å². The smallest absolute Gasteiger partial charge is 0.0611 e. The molecule has 0 saturated heterocycles. The van der Waals surface area contributed by atoms with Gasteiger partial charge in [-0.15, -0.1) is 11.8 Å². The van der Waals surface area contributed by atoms with Crippen LogP contribution in [0.2, 0.25) is 0 Å². The molecule has 14 heavy (non-hydrogen) atoms. The Hall–Kier alpha value is -0.960. The normalized spacial score (nSPS) is 11.7. The van der Waals surface area contributed by atoms with Gasteiger partial charge in [0, 0.05) is 11.3 Å². The predicted molar refractivity (Wildman–Crippen MR) is 61.4 cm³/mol. The highest BCUT2D eigenvalue weighted by Crippen LogP contribution is 2.15. The molecule has 0 saturated carbocycles. The van der Waals surface area contributed by atoms with Gasteiger partial charge in [-0.3, -0.25) is 0 Å². The molecule has 1 N–H and O–H groups in total. The van der Waals surface area contributed by atoms with Crippen LogP contribution in [0.25, 0.3) is 0 Å². The maximum atomic E-state index is 8.67. The molecule has 0 aliphatic heterocycles. The number of thioether (sulfide) groups is 1. The first-order chi connectivity index (χ1) is 6.80. The Balaban J connectivity index is 2.68. The average Bonchev–Trinajstić information content (AvgIpc) is 2.26. The molecule has 0 unspecified atom stereocenters. The van der Waals surface area contributed by atoms with Gasteiger partial charge < -0.3 is 5.21 Å². The lowest BCUT2D eigenvalue weighted by atomic mass is 10.1. The van der Waals surface area contributed by atoms with Gasteiger partial charge in [-0.05, 0) is 30.4 Å². The van der Waals surface area contributed by atoms with E-state index in [-0.39, 0.29) is 0 Å². The van der Waals surface area contributed by atoms with E-state index in [4.69, 9.17) is 5.21 Å². The first-order valence-corrected chi connectivity index (χ1v) is 5.85. The molecule has 3 heteroatoms. The zero-order valence-corrected chi connectivity index (χ0v) is 9.34. The maximum absolute atomic E-state index is 8.67. The third-order valence-corrected chi connectivity index (χ3v) is 2.86. The van der Waals surface area contributed by atoms with E-state index in [0.29, 0.717) is 0 Å². The molecule has 0 aliphatic carbocycles. The van der Waals surface area contributed by atoms with E-state index in [1.165, 1.54) is 10.5 Å². The number of oxime groups is 1. The van der Waals surface area contributed by atoms with Crippen LogP contribution in [0.1, 0.15) is 18.9 Å². The van der Waals surface area contributed by atoms with Crippen molar-refractivity contribution in [3.05, 3.63) is 29.8 Å². The molecule has 2 nitrogen and oxygen atoms in total. The second kappa shape index (κ2) is 5.70. The maximum Gasteiger partial charge on any atom is 0.0611 e. The summed E-state index contributed by atoms with van der Waals surface area (Å²) >= 11 is 1.73. The number of nitrogens with zero attached hydrogens (tertiary/aromatic N) is 1. The van der Waals surface area contributed by atoms with Gasteiger partial charge in [-0.1, -0.05) is 24.2 Å². The zero-order chi connectivity index (χ0) is 10.4. The summed E-state index contributed by atoms with van der Waals surface area (Å²) in [4.78, 5) is 1.26. The van der Waals surface area contributed by atoms with E-state index in [1.54, 1.807) is 11.8 Å². The minimum Gasteiger partial charge on any atom is -0.411 e. The van der Waals surface area contributed by atoms with Gasteiger partial charge in [0.25, 0.3) is 0 Å². The molecule has 1 aromatic rings. The Bertz CT molecular complexity index is 306.